The first-order valence-corrected chi connectivity index (χ1v) is 7.63. The molecule has 1 aromatic heterocycles. The molecule has 3 rings (SSSR count). The predicted octanol–water partition coefficient (Wildman–Crippen LogP) is 3.43. The number of non-ortho nitro benzene ring substituents is 1. The molecule has 25 heavy (non-hydrogen) atoms. The zero-order chi connectivity index (χ0) is 18.0. The molecule has 0 aliphatic carbocycles. The van der Waals surface area contributed by atoms with Crippen molar-refractivity contribution in [2.45, 2.75) is 6.54 Å². The molecule has 0 aliphatic rings. The maximum atomic E-state index is 12.4. The van der Waals surface area contributed by atoms with E-state index in [2.05, 4.69) is 10.3 Å². The number of nitro groups is 1. The Morgan fingerprint density at radius 2 is 2.00 bits per heavy atom. The fourth-order valence-electron chi connectivity index (χ4n) is 2.42. The molecule has 0 fully saturated rings. The lowest BCUT2D eigenvalue weighted by Crippen LogP contribution is -2.23. The van der Waals surface area contributed by atoms with Gasteiger partial charge in [0.25, 0.3) is 11.6 Å². The minimum atomic E-state index is -0.636. The molecule has 0 atom stereocenters. The Hall–Kier alpha value is -3.19. The van der Waals surface area contributed by atoms with Gasteiger partial charge in [0.2, 0.25) is 0 Å². The van der Waals surface area contributed by atoms with Crippen LogP contribution in [0.3, 0.4) is 0 Å². The monoisotopic (exact) mass is 357 g/mol. The summed E-state index contributed by atoms with van der Waals surface area (Å²) in [7, 11) is 0. The van der Waals surface area contributed by atoms with Gasteiger partial charge in [-0.15, -0.1) is 0 Å². The molecule has 126 valence electrons. The highest BCUT2D eigenvalue weighted by molar-refractivity contribution is 6.30. The maximum Gasteiger partial charge on any atom is 0.279 e. The molecular weight excluding hydrogens is 346 g/mol. The molecule has 0 radical (unpaired) electrons. The van der Waals surface area contributed by atoms with Crippen LogP contribution in [0.15, 0.2) is 48.7 Å². The van der Waals surface area contributed by atoms with Crippen molar-refractivity contribution in [2.24, 2.45) is 0 Å². The van der Waals surface area contributed by atoms with Crippen LogP contribution in [0.1, 0.15) is 15.9 Å². The lowest BCUT2D eigenvalue weighted by Gasteiger charge is -2.09. The summed E-state index contributed by atoms with van der Waals surface area (Å²) >= 11 is 5.80. The van der Waals surface area contributed by atoms with Gasteiger partial charge in [-0.2, -0.15) is 0 Å². The summed E-state index contributed by atoms with van der Waals surface area (Å²) in [4.78, 5) is 27.0. The third-order valence-electron chi connectivity index (χ3n) is 3.65. The first-order valence-electron chi connectivity index (χ1n) is 7.25. The summed E-state index contributed by atoms with van der Waals surface area (Å²) in [5.41, 5.74) is 0.309. The lowest BCUT2D eigenvalue weighted by atomic mass is 10.1. The molecule has 3 aromatic rings. The number of phenolic OH excluding ortho intramolecular Hbond substituents is 1. The van der Waals surface area contributed by atoms with Crippen LogP contribution in [0.5, 0.6) is 5.75 Å². The van der Waals surface area contributed by atoms with E-state index in [1.54, 1.807) is 24.3 Å². The van der Waals surface area contributed by atoms with Gasteiger partial charge in [-0.3, -0.25) is 19.9 Å². The number of fused-ring (bicyclic) bond motifs is 1. The van der Waals surface area contributed by atoms with Crippen LogP contribution in [0.4, 0.5) is 5.69 Å². The number of phenols is 1. The fraction of sp³-hybridized carbons (Fsp3) is 0.0588. The van der Waals surface area contributed by atoms with Gasteiger partial charge in [-0.05, 0) is 29.8 Å². The number of nitrogens with one attached hydrogen (secondary N) is 1. The standard InChI is InChI=1S/C17H12ClN3O4/c18-11-5-3-10(4-6-11)9-20-17(23)13-8-14(21(24)25)12-2-1-7-19-15(12)16(13)22/h1-8,22H,9H2,(H,20,23). The van der Waals surface area contributed by atoms with Gasteiger partial charge in [0, 0.05) is 23.8 Å². The highest BCUT2D eigenvalue weighted by Gasteiger charge is 2.23. The second-order valence-electron chi connectivity index (χ2n) is 5.26. The largest absolute Gasteiger partial charge is 0.505 e. The Bertz CT molecular complexity index is 974. The number of nitro benzene ring substituents is 1. The fourth-order valence-corrected chi connectivity index (χ4v) is 2.54. The van der Waals surface area contributed by atoms with Crippen molar-refractivity contribution in [3.05, 3.63) is 74.9 Å². The number of carbonyl (C=O) groups is 1. The number of hydrogen-bond donors (Lipinski definition) is 2. The van der Waals surface area contributed by atoms with Crippen LogP contribution in [0.25, 0.3) is 10.9 Å². The minimum Gasteiger partial charge on any atom is -0.505 e. The summed E-state index contributed by atoms with van der Waals surface area (Å²) in [5, 5.41) is 24.9. The maximum absolute atomic E-state index is 12.4. The van der Waals surface area contributed by atoms with E-state index in [0.717, 1.165) is 11.6 Å². The molecule has 1 heterocycles. The van der Waals surface area contributed by atoms with Crippen LogP contribution in [-0.4, -0.2) is 20.9 Å². The molecule has 2 aromatic carbocycles. The van der Waals surface area contributed by atoms with E-state index in [0.29, 0.717) is 5.02 Å². The van der Waals surface area contributed by atoms with Gasteiger partial charge in [-0.25, -0.2) is 0 Å². The van der Waals surface area contributed by atoms with Crippen LogP contribution < -0.4 is 5.32 Å². The molecule has 0 saturated heterocycles. The SMILES string of the molecule is O=C(NCc1ccc(Cl)cc1)c1cc([N+](=O)[O-])c2cccnc2c1O. The molecule has 0 unspecified atom stereocenters. The average molecular weight is 358 g/mol. The molecule has 1 amide bonds. The lowest BCUT2D eigenvalue weighted by molar-refractivity contribution is -0.383. The number of rotatable bonds is 4. The summed E-state index contributed by atoms with van der Waals surface area (Å²) < 4.78 is 0. The average Bonchev–Trinajstić information content (AvgIpc) is 2.61. The molecule has 2 N–H and O–H groups in total. The van der Waals surface area contributed by atoms with Crippen molar-refractivity contribution >= 4 is 34.1 Å². The van der Waals surface area contributed by atoms with E-state index in [1.165, 1.54) is 18.3 Å². The zero-order valence-corrected chi connectivity index (χ0v) is 13.5. The second-order valence-corrected chi connectivity index (χ2v) is 5.69. The van der Waals surface area contributed by atoms with E-state index in [9.17, 15) is 20.0 Å². The van der Waals surface area contributed by atoms with Crippen molar-refractivity contribution in [1.29, 1.82) is 0 Å². The molecule has 0 bridgehead atoms. The Kier molecular flexibility index (Phi) is 4.49. The van der Waals surface area contributed by atoms with E-state index in [1.807, 2.05) is 0 Å². The number of pyridine rings is 1. The first kappa shape index (κ1) is 16.7. The Morgan fingerprint density at radius 3 is 2.68 bits per heavy atom. The number of aromatic nitrogens is 1. The third kappa shape index (κ3) is 3.36. The predicted molar refractivity (Wildman–Crippen MR) is 92.7 cm³/mol. The van der Waals surface area contributed by atoms with E-state index < -0.39 is 16.6 Å². The summed E-state index contributed by atoms with van der Waals surface area (Å²) in [5.74, 6) is -1.03. The van der Waals surface area contributed by atoms with E-state index in [-0.39, 0.29) is 28.7 Å². The molecular formula is C17H12ClN3O4. The highest BCUT2D eigenvalue weighted by atomic mass is 35.5. The molecule has 7 nitrogen and oxygen atoms in total. The quantitative estimate of drug-likeness (QED) is 0.549. The molecule has 8 heteroatoms. The van der Waals surface area contributed by atoms with Gasteiger partial charge in [0.1, 0.15) is 5.52 Å². The number of amides is 1. The highest BCUT2D eigenvalue weighted by Crippen LogP contribution is 2.34. The van der Waals surface area contributed by atoms with Crippen LogP contribution >= 0.6 is 11.6 Å². The Labute approximate surface area is 147 Å². The van der Waals surface area contributed by atoms with Crippen molar-refractivity contribution < 1.29 is 14.8 Å². The van der Waals surface area contributed by atoms with Crippen LogP contribution in [-0.2, 0) is 6.54 Å². The summed E-state index contributed by atoms with van der Waals surface area (Å²) in [6.07, 6.45) is 1.39. The smallest absolute Gasteiger partial charge is 0.279 e. The Balaban J connectivity index is 1.94. The normalized spacial score (nSPS) is 10.6. The van der Waals surface area contributed by atoms with Crippen molar-refractivity contribution in [1.82, 2.24) is 10.3 Å². The number of carbonyl (C=O) groups excluding carboxylic acids is 1. The van der Waals surface area contributed by atoms with Crippen molar-refractivity contribution in [3.63, 3.8) is 0 Å². The number of benzene rings is 2. The molecule has 0 saturated carbocycles. The van der Waals surface area contributed by atoms with Gasteiger partial charge < -0.3 is 10.4 Å². The first-order chi connectivity index (χ1) is 12.0. The number of halogens is 1. The number of nitrogens with zero attached hydrogens (tertiary/aromatic N) is 2. The zero-order valence-electron chi connectivity index (χ0n) is 12.8. The third-order valence-corrected chi connectivity index (χ3v) is 3.90. The summed E-state index contributed by atoms with van der Waals surface area (Å²) in [6.45, 7) is 0.184. The second kappa shape index (κ2) is 6.74. The van der Waals surface area contributed by atoms with Crippen LogP contribution in [0.2, 0.25) is 5.02 Å². The van der Waals surface area contributed by atoms with Crippen molar-refractivity contribution in [3.8, 4) is 5.75 Å². The van der Waals surface area contributed by atoms with Gasteiger partial charge in [0.15, 0.2) is 5.75 Å². The van der Waals surface area contributed by atoms with Gasteiger partial charge >= 0.3 is 0 Å². The number of hydrogen-bond acceptors (Lipinski definition) is 5. The topological polar surface area (TPSA) is 105 Å². The molecule has 0 aliphatic heterocycles. The van der Waals surface area contributed by atoms with E-state index in [4.69, 9.17) is 11.6 Å². The number of aromatic hydroxyl groups is 1. The van der Waals surface area contributed by atoms with E-state index >= 15 is 0 Å². The molecule has 0 spiro atoms. The van der Waals surface area contributed by atoms with Gasteiger partial charge in [-0.1, -0.05) is 23.7 Å². The van der Waals surface area contributed by atoms with Crippen LogP contribution in [0, 0.1) is 10.1 Å². The summed E-state index contributed by atoms with van der Waals surface area (Å²) in [6, 6.07) is 10.9. The van der Waals surface area contributed by atoms with Crippen molar-refractivity contribution in [2.75, 3.05) is 0 Å². The Morgan fingerprint density at radius 1 is 1.28 bits per heavy atom. The van der Waals surface area contributed by atoms with Gasteiger partial charge in [0.05, 0.1) is 15.9 Å². The minimum absolute atomic E-state index is 0.00772.